The fourth-order valence-corrected chi connectivity index (χ4v) is 3.05. The van der Waals surface area contributed by atoms with E-state index in [1.54, 1.807) is 37.4 Å². The number of methoxy groups -OCH3 is 2. The number of amides is 2. The van der Waals surface area contributed by atoms with Gasteiger partial charge >= 0.3 is 0 Å². The van der Waals surface area contributed by atoms with Crippen LogP contribution in [0.3, 0.4) is 0 Å². The van der Waals surface area contributed by atoms with Crippen LogP contribution in [0.15, 0.2) is 18.3 Å². The highest BCUT2D eigenvalue weighted by molar-refractivity contribution is 5.94. The summed E-state index contributed by atoms with van der Waals surface area (Å²) in [5.41, 5.74) is 0.0671. The number of nitrogens with zero attached hydrogens (tertiary/aromatic N) is 2. The van der Waals surface area contributed by atoms with Crippen LogP contribution in [0.4, 0.5) is 0 Å². The molecule has 1 aromatic heterocycles. The maximum atomic E-state index is 12.8. The molecule has 2 heterocycles. The van der Waals surface area contributed by atoms with E-state index in [9.17, 15) is 9.59 Å². The van der Waals surface area contributed by atoms with Crippen LogP contribution in [0.2, 0.25) is 0 Å². The molecule has 1 aliphatic heterocycles. The first-order valence-electron chi connectivity index (χ1n) is 8.08. The summed E-state index contributed by atoms with van der Waals surface area (Å²) >= 11 is 0. The maximum absolute atomic E-state index is 12.8. The largest absolute Gasteiger partial charge is 0.481 e. The molecule has 0 spiro atoms. The Bertz CT molecular complexity index is 593. The van der Waals surface area contributed by atoms with Crippen molar-refractivity contribution >= 4 is 11.8 Å². The average Bonchev–Trinajstić information content (AvgIpc) is 2.65. The normalized spacial score (nSPS) is 20.5. The van der Waals surface area contributed by atoms with Gasteiger partial charge in [0.15, 0.2) is 0 Å². The molecule has 0 aliphatic carbocycles. The van der Waals surface area contributed by atoms with E-state index in [1.807, 2.05) is 0 Å². The van der Waals surface area contributed by atoms with Gasteiger partial charge in [-0.3, -0.25) is 9.59 Å². The molecule has 1 aliphatic rings. The van der Waals surface area contributed by atoms with Crippen LogP contribution in [0, 0.1) is 0 Å². The molecule has 7 nitrogen and oxygen atoms in total. The fraction of sp³-hybridized carbons (Fsp3) is 0.588. The van der Waals surface area contributed by atoms with Crippen LogP contribution < -0.4 is 10.1 Å². The van der Waals surface area contributed by atoms with Crippen molar-refractivity contribution in [3.8, 4) is 5.88 Å². The van der Waals surface area contributed by atoms with E-state index in [4.69, 9.17) is 9.47 Å². The van der Waals surface area contributed by atoms with Crippen LogP contribution in [-0.4, -0.2) is 61.7 Å². The smallest absolute Gasteiger partial charge is 0.254 e. The predicted molar refractivity (Wildman–Crippen MR) is 89.0 cm³/mol. The van der Waals surface area contributed by atoms with Crippen molar-refractivity contribution in [3.63, 3.8) is 0 Å². The highest BCUT2D eigenvalue weighted by Gasteiger charge is 2.37. The van der Waals surface area contributed by atoms with Crippen molar-refractivity contribution in [1.29, 1.82) is 0 Å². The minimum Gasteiger partial charge on any atom is -0.481 e. The van der Waals surface area contributed by atoms with Crippen molar-refractivity contribution < 1.29 is 19.1 Å². The van der Waals surface area contributed by atoms with E-state index in [0.717, 1.165) is 12.8 Å². The van der Waals surface area contributed by atoms with Crippen molar-refractivity contribution in [2.45, 2.75) is 31.3 Å². The monoisotopic (exact) mass is 335 g/mol. The Labute approximate surface area is 142 Å². The van der Waals surface area contributed by atoms with Crippen LogP contribution in [0.5, 0.6) is 5.88 Å². The summed E-state index contributed by atoms with van der Waals surface area (Å²) in [6.07, 6.45) is 4.22. The molecule has 2 amide bonds. The number of pyridine rings is 1. The number of hydrogen-bond acceptors (Lipinski definition) is 5. The molecule has 1 aromatic rings. The lowest BCUT2D eigenvalue weighted by atomic mass is 9.87. The first kappa shape index (κ1) is 18.2. The molecule has 1 saturated heterocycles. The second kappa shape index (κ2) is 8.10. The summed E-state index contributed by atoms with van der Waals surface area (Å²) in [5.74, 6) is 0.320. The van der Waals surface area contributed by atoms with Gasteiger partial charge in [-0.2, -0.15) is 0 Å². The summed E-state index contributed by atoms with van der Waals surface area (Å²) in [7, 11) is 4.79. The standard InChI is InChI=1S/C17H25N3O4/c1-18-14(21)5-8-17(24-3)7-4-10-20(12-17)16(22)13-6-9-19-15(11-13)23-2/h6,9,11H,4-5,7-8,10,12H2,1-3H3,(H,18,21). The van der Waals surface area contributed by atoms with Crippen LogP contribution in [-0.2, 0) is 9.53 Å². The average molecular weight is 335 g/mol. The van der Waals surface area contributed by atoms with E-state index >= 15 is 0 Å². The first-order chi connectivity index (χ1) is 11.5. The number of carbonyl (C=O) groups excluding carboxylic acids is 2. The van der Waals surface area contributed by atoms with E-state index < -0.39 is 5.60 Å². The van der Waals surface area contributed by atoms with E-state index in [0.29, 0.717) is 37.4 Å². The second-order valence-electron chi connectivity index (χ2n) is 5.98. The molecule has 1 atom stereocenters. The Hall–Kier alpha value is -2.15. The third-order valence-electron chi connectivity index (χ3n) is 4.54. The Morgan fingerprint density at radius 1 is 1.42 bits per heavy atom. The van der Waals surface area contributed by atoms with Crippen molar-refractivity contribution in [2.75, 3.05) is 34.4 Å². The summed E-state index contributed by atoms with van der Waals surface area (Å²) in [6, 6.07) is 3.31. The zero-order chi connectivity index (χ0) is 17.6. The lowest BCUT2D eigenvalue weighted by Crippen LogP contribution is -2.51. The molecular formula is C17H25N3O4. The topological polar surface area (TPSA) is 80.8 Å². The molecule has 1 N–H and O–H groups in total. The molecule has 0 saturated carbocycles. The van der Waals surface area contributed by atoms with Gasteiger partial charge in [-0.1, -0.05) is 0 Å². The maximum Gasteiger partial charge on any atom is 0.254 e. The summed E-state index contributed by atoms with van der Waals surface area (Å²) in [6.45, 7) is 1.15. The van der Waals surface area contributed by atoms with Crippen LogP contribution in [0.25, 0.3) is 0 Å². The number of carbonyl (C=O) groups is 2. The quantitative estimate of drug-likeness (QED) is 0.846. The van der Waals surface area contributed by atoms with Gasteiger partial charge in [0.25, 0.3) is 5.91 Å². The molecule has 24 heavy (non-hydrogen) atoms. The minimum absolute atomic E-state index is 0.0197. The Balaban J connectivity index is 2.10. The molecule has 0 aromatic carbocycles. The van der Waals surface area contributed by atoms with Gasteiger partial charge in [0.05, 0.1) is 12.7 Å². The first-order valence-corrected chi connectivity index (χ1v) is 8.08. The van der Waals surface area contributed by atoms with Gasteiger partial charge in [0.2, 0.25) is 11.8 Å². The number of hydrogen-bond donors (Lipinski definition) is 1. The van der Waals surface area contributed by atoms with Gasteiger partial charge in [0.1, 0.15) is 0 Å². The molecule has 0 radical (unpaired) electrons. The minimum atomic E-state index is -0.475. The van der Waals surface area contributed by atoms with Crippen molar-refractivity contribution in [2.24, 2.45) is 0 Å². The highest BCUT2D eigenvalue weighted by Crippen LogP contribution is 2.30. The van der Waals surface area contributed by atoms with E-state index in [1.165, 1.54) is 7.11 Å². The van der Waals surface area contributed by atoms with Gasteiger partial charge < -0.3 is 19.7 Å². The molecular weight excluding hydrogens is 310 g/mol. The number of rotatable bonds is 6. The Morgan fingerprint density at radius 3 is 2.88 bits per heavy atom. The molecule has 1 unspecified atom stereocenters. The number of likely N-dealkylation sites (tertiary alicyclic amines) is 1. The molecule has 1 fully saturated rings. The SMILES string of the molecule is CNC(=O)CCC1(OC)CCCN(C(=O)c2ccnc(OC)c2)C1. The van der Waals surface area contributed by atoms with Gasteiger partial charge in [-0.05, 0) is 25.3 Å². The molecule has 2 rings (SSSR count). The Morgan fingerprint density at radius 2 is 2.21 bits per heavy atom. The number of piperidine rings is 1. The molecule has 0 bridgehead atoms. The van der Waals surface area contributed by atoms with Crippen molar-refractivity contribution in [1.82, 2.24) is 15.2 Å². The van der Waals surface area contributed by atoms with Gasteiger partial charge in [-0.15, -0.1) is 0 Å². The van der Waals surface area contributed by atoms with Crippen molar-refractivity contribution in [3.05, 3.63) is 23.9 Å². The third kappa shape index (κ3) is 4.23. The van der Waals surface area contributed by atoms with Gasteiger partial charge in [-0.25, -0.2) is 4.98 Å². The highest BCUT2D eigenvalue weighted by atomic mass is 16.5. The molecule has 7 heteroatoms. The fourth-order valence-electron chi connectivity index (χ4n) is 3.05. The third-order valence-corrected chi connectivity index (χ3v) is 4.54. The number of aromatic nitrogens is 1. The van der Waals surface area contributed by atoms with E-state index in [2.05, 4.69) is 10.3 Å². The Kier molecular flexibility index (Phi) is 6.14. The zero-order valence-corrected chi connectivity index (χ0v) is 14.5. The lowest BCUT2D eigenvalue weighted by molar-refractivity contribution is -0.123. The number of ether oxygens (including phenoxy) is 2. The second-order valence-corrected chi connectivity index (χ2v) is 5.98. The van der Waals surface area contributed by atoms with Crippen LogP contribution in [0.1, 0.15) is 36.0 Å². The summed E-state index contributed by atoms with van der Waals surface area (Å²) < 4.78 is 10.8. The predicted octanol–water partition coefficient (Wildman–Crippen LogP) is 1.24. The summed E-state index contributed by atoms with van der Waals surface area (Å²) in [4.78, 5) is 30.1. The lowest BCUT2D eigenvalue weighted by Gasteiger charge is -2.42. The van der Waals surface area contributed by atoms with Crippen LogP contribution >= 0.6 is 0 Å². The summed E-state index contributed by atoms with van der Waals surface area (Å²) in [5, 5.41) is 2.62. The zero-order valence-electron chi connectivity index (χ0n) is 14.5. The number of nitrogens with one attached hydrogen (secondary N) is 1. The van der Waals surface area contributed by atoms with E-state index in [-0.39, 0.29) is 11.8 Å². The van der Waals surface area contributed by atoms with Gasteiger partial charge in [0, 0.05) is 51.5 Å². The molecule has 132 valence electrons.